The van der Waals surface area contributed by atoms with E-state index in [1.807, 2.05) is 0 Å². The van der Waals surface area contributed by atoms with Gasteiger partial charge in [0.1, 0.15) is 0 Å². The van der Waals surface area contributed by atoms with Gasteiger partial charge in [0.05, 0.1) is 12.0 Å². The van der Waals surface area contributed by atoms with Gasteiger partial charge in [0, 0.05) is 11.9 Å². The highest BCUT2D eigenvalue weighted by Gasteiger charge is 2.17. The van der Waals surface area contributed by atoms with Crippen LogP contribution in [-0.4, -0.2) is 25.1 Å². The lowest BCUT2D eigenvalue weighted by Gasteiger charge is -2.14. The molecule has 1 N–H and O–H groups in total. The summed E-state index contributed by atoms with van der Waals surface area (Å²) >= 11 is 1.74. The summed E-state index contributed by atoms with van der Waals surface area (Å²) in [5.74, 6) is 0.455. The molecule has 1 aliphatic rings. The maximum Gasteiger partial charge on any atom is 0.162 e. The Hall–Kier alpha value is -0.870. The lowest BCUT2D eigenvalue weighted by molar-refractivity contribution is -0.0416. The quantitative estimate of drug-likeness (QED) is 0.476. The largest absolute Gasteiger partial charge is 0.282 e. The van der Waals surface area contributed by atoms with Crippen LogP contribution < -0.4 is 0 Å². The minimum absolute atomic E-state index is 0.455. The molecule has 0 aliphatic heterocycles. The number of fused-ring (bicyclic) bond motifs is 1. The second-order valence-electron chi connectivity index (χ2n) is 3.79. The summed E-state index contributed by atoms with van der Waals surface area (Å²) in [6.45, 7) is 0. The molecular weight excluding hydrogens is 208 g/mol. The van der Waals surface area contributed by atoms with E-state index in [4.69, 9.17) is 10.2 Å². The molecule has 0 amide bonds. The Morgan fingerprint density at radius 1 is 1.47 bits per heavy atom. The van der Waals surface area contributed by atoms with Gasteiger partial charge in [-0.1, -0.05) is 0 Å². The van der Waals surface area contributed by atoms with Gasteiger partial charge in [-0.05, 0) is 37.3 Å². The molecule has 2 rings (SSSR count). The van der Waals surface area contributed by atoms with Gasteiger partial charge in [0.2, 0.25) is 0 Å². The molecule has 3 nitrogen and oxygen atoms in total. The summed E-state index contributed by atoms with van der Waals surface area (Å²) in [6.07, 6.45) is 4.94. The number of aryl methyl sites for hydroxylation is 2. The third-order valence-corrected chi connectivity index (χ3v) is 4.06. The first-order chi connectivity index (χ1) is 7.22. The number of thiophene rings is 1. The lowest BCUT2D eigenvalue weighted by atomic mass is 9.99. The minimum atomic E-state index is 0.455. The highest BCUT2D eigenvalue weighted by atomic mass is 32.1. The molecule has 0 saturated heterocycles. The monoisotopic (exact) mass is 224 g/mol. The molecule has 0 fully saturated rings. The molecule has 0 aromatic carbocycles. The summed E-state index contributed by atoms with van der Waals surface area (Å²) in [5, 5.41) is 9.42. The average Bonchev–Trinajstić information content (AvgIpc) is 2.70. The van der Waals surface area contributed by atoms with Crippen molar-refractivity contribution in [2.75, 3.05) is 14.2 Å². The highest BCUT2D eigenvalue weighted by molar-refractivity contribution is 7.14. The SMILES string of the molecule is CON(C)C(=N)c1cc2c(s1)CCCC2. The zero-order valence-electron chi connectivity index (χ0n) is 9.17. The van der Waals surface area contributed by atoms with Gasteiger partial charge in [0.15, 0.2) is 5.84 Å². The topological polar surface area (TPSA) is 36.3 Å². The maximum absolute atomic E-state index is 7.93. The van der Waals surface area contributed by atoms with Crippen LogP contribution in [0.15, 0.2) is 6.07 Å². The van der Waals surface area contributed by atoms with Gasteiger partial charge in [-0.2, -0.15) is 0 Å². The molecular formula is C11H16N2OS. The fourth-order valence-corrected chi connectivity index (χ4v) is 3.08. The Morgan fingerprint density at radius 3 is 2.87 bits per heavy atom. The van der Waals surface area contributed by atoms with Crippen LogP contribution in [0.25, 0.3) is 0 Å². The molecule has 0 radical (unpaired) electrons. The van der Waals surface area contributed by atoms with E-state index in [1.54, 1.807) is 25.5 Å². The summed E-state index contributed by atoms with van der Waals surface area (Å²) in [6, 6.07) is 2.15. The van der Waals surface area contributed by atoms with E-state index in [0.29, 0.717) is 5.84 Å². The van der Waals surface area contributed by atoms with Crippen molar-refractivity contribution in [2.45, 2.75) is 25.7 Å². The normalized spacial score (nSPS) is 14.8. The van der Waals surface area contributed by atoms with Gasteiger partial charge in [-0.3, -0.25) is 10.2 Å². The van der Waals surface area contributed by atoms with Crippen LogP contribution in [0, 0.1) is 5.41 Å². The average molecular weight is 224 g/mol. The van der Waals surface area contributed by atoms with Crippen molar-refractivity contribution < 1.29 is 4.84 Å². The molecule has 4 heteroatoms. The third-order valence-electron chi connectivity index (χ3n) is 2.82. The van der Waals surface area contributed by atoms with Gasteiger partial charge in [0.25, 0.3) is 0 Å². The van der Waals surface area contributed by atoms with E-state index in [-0.39, 0.29) is 0 Å². The van der Waals surface area contributed by atoms with E-state index in [0.717, 1.165) is 4.88 Å². The van der Waals surface area contributed by atoms with Crippen molar-refractivity contribution in [3.05, 3.63) is 21.4 Å². The number of rotatable bonds is 2. The smallest absolute Gasteiger partial charge is 0.162 e. The number of hydrogen-bond donors (Lipinski definition) is 1. The van der Waals surface area contributed by atoms with Crippen LogP contribution in [0.1, 0.15) is 28.2 Å². The van der Waals surface area contributed by atoms with Crippen molar-refractivity contribution in [2.24, 2.45) is 0 Å². The highest BCUT2D eigenvalue weighted by Crippen LogP contribution is 2.30. The Balaban J connectivity index is 2.22. The molecule has 15 heavy (non-hydrogen) atoms. The number of nitrogens with zero attached hydrogens (tertiary/aromatic N) is 1. The van der Waals surface area contributed by atoms with Crippen molar-refractivity contribution in [3.63, 3.8) is 0 Å². The molecule has 0 bridgehead atoms. The first-order valence-electron chi connectivity index (χ1n) is 5.20. The Labute approximate surface area is 94.1 Å². The van der Waals surface area contributed by atoms with Gasteiger partial charge in [-0.15, -0.1) is 11.3 Å². The van der Waals surface area contributed by atoms with Crippen LogP contribution in [0.2, 0.25) is 0 Å². The summed E-state index contributed by atoms with van der Waals surface area (Å²) < 4.78 is 0. The third kappa shape index (κ3) is 2.06. The molecule has 1 aromatic rings. The molecule has 0 unspecified atom stereocenters. The fourth-order valence-electron chi connectivity index (χ4n) is 1.85. The lowest BCUT2D eigenvalue weighted by Crippen LogP contribution is -2.24. The summed E-state index contributed by atoms with van der Waals surface area (Å²) in [7, 11) is 3.35. The van der Waals surface area contributed by atoms with Crippen LogP contribution in [0.5, 0.6) is 0 Å². The molecule has 1 aromatic heterocycles. The fraction of sp³-hybridized carbons (Fsp3) is 0.545. The molecule has 1 heterocycles. The van der Waals surface area contributed by atoms with E-state index >= 15 is 0 Å². The zero-order valence-corrected chi connectivity index (χ0v) is 9.99. The first kappa shape index (κ1) is 10.6. The van der Waals surface area contributed by atoms with Crippen LogP contribution in [0.4, 0.5) is 0 Å². The second kappa shape index (κ2) is 4.33. The van der Waals surface area contributed by atoms with E-state index < -0.39 is 0 Å². The van der Waals surface area contributed by atoms with Gasteiger partial charge >= 0.3 is 0 Å². The van der Waals surface area contributed by atoms with Crippen LogP contribution >= 0.6 is 11.3 Å². The first-order valence-corrected chi connectivity index (χ1v) is 6.02. The van der Waals surface area contributed by atoms with E-state index in [9.17, 15) is 0 Å². The Morgan fingerprint density at radius 2 is 2.20 bits per heavy atom. The standard InChI is InChI=1S/C11H16N2OS/c1-13(14-2)11(12)10-7-8-5-3-4-6-9(8)15-10/h7,12H,3-6H2,1-2H3. The molecule has 82 valence electrons. The summed E-state index contributed by atoms with van der Waals surface area (Å²) in [5.41, 5.74) is 1.44. The molecule has 0 spiro atoms. The molecule has 0 atom stereocenters. The van der Waals surface area contributed by atoms with Crippen molar-refractivity contribution in [1.29, 1.82) is 5.41 Å². The number of hydrogen-bond acceptors (Lipinski definition) is 3. The van der Waals surface area contributed by atoms with Crippen molar-refractivity contribution in [1.82, 2.24) is 5.06 Å². The molecule has 0 saturated carbocycles. The molecule has 1 aliphatic carbocycles. The number of nitrogens with one attached hydrogen (secondary N) is 1. The maximum atomic E-state index is 7.93. The minimum Gasteiger partial charge on any atom is -0.282 e. The van der Waals surface area contributed by atoms with Crippen LogP contribution in [0.3, 0.4) is 0 Å². The van der Waals surface area contributed by atoms with Gasteiger partial charge in [-0.25, -0.2) is 5.06 Å². The number of hydroxylamine groups is 2. The number of amidine groups is 1. The van der Waals surface area contributed by atoms with Crippen LogP contribution in [-0.2, 0) is 17.7 Å². The van der Waals surface area contributed by atoms with Crippen molar-refractivity contribution >= 4 is 17.2 Å². The van der Waals surface area contributed by atoms with E-state index in [1.165, 1.54) is 41.2 Å². The predicted octanol–water partition coefficient (Wildman–Crippen LogP) is 2.45. The second-order valence-corrected chi connectivity index (χ2v) is 4.93. The van der Waals surface area contributed by atoms with E-state index in [2.05, 4.69) is 6.07 Å². The Bertz CT molecular complexity index is 349. The Kier molecular flexibility index (Phi) is 3.07. The zero-order chi connectivity index (χ0) is 10.8. The van der Waals surface area contributed by atoms with Gasteiger partial charge < -0.3 is 0 Å². The summed E-state index contributed by atoms with van der Waals surface area (Å²) in [4.78, 5) is 7.50. The predicted molar refractivity (Wildman–Crippen MR) is 62.6 cm³/mol. The van der Waals surface area contributed by atoms with Crippen molar-refractivity contribution in [3.8, 4) is 0 Å².